The average Bonchev–Trinajstić information content (AvgIpc) is 2.48. The highest BCUT2D eigenvalue weighted by Gasteiger charge is 2.49. The van der Waals surface area contributed by atoms with Gasteiger partial charge >= 0.3 is 0 Å². The highest BCUT2D eigenvalue weighted by Crippen LogP contribution is 2.46. The van der Waals surface area contributed by atoms with Gasteiger partial charge in [0.15, 0.2) is 0 Å². The Kier molecular flexibility index (Phi) is 4.11. The smallest absolute Gasteiger partial charge is 0.0939 e. The van der Waals surface area contributed by atoms with E-state index in [2.05, 4.69) is 6.92 Å². The fourth-order valence-electron chi connectivity index (χ4n) is 3.71. The Balaban J connectivity index is 2.18. The number of ether oxygens (including phenoxy) is 1. The third kappa shape index (κ3) is 2.51. The second-order valence-corrected chi connectivity index (χ2v) is 6.08. The molecule has 2 fully saturated rings. The Morgan fingerprint density at radius 1 is 1.29 bits per heavy atom. The van der Waals surface area contributed by atoms with Crippen molar-refractivity contribution in [2.45, 2.75) is 57.7 Å². The monoisotopic (exact) mass is 242 g/mol. The van der Waals surface area contributed by atoms with Crippen molar-refractivity contribution in [2.75, 3.05) is 13.2 Å². The maximum atomic E-state index is 11.0. The van der Waals surface area contributed by atoms with Crippen LogP contribution in [0, 0.1) is 17.8 Å². The predicted molar refractivity (Wildman–Crippen MR) is 66.7 cm³/mol. The van der Waals surface area contributed by atoms with Crippen molar-refractivity contribution in [3.05, 3.63) is 0 Å². The summed E-state index contributed by atoms with van der Waals surface area (Å²) in [5.41, 5.74) is -0.703. The van der Waals surface area contributed by atoms with Crippen molar-refractivity contribution >= 4 is 0 Å². The molecule has 0 amide bonds. The zero-order chi connectivity index (χ0) is 12.5. The lowest BCUT2D eigenvalue weighted by molar-refractivity contribution is -0.152. The largest absolute Gasteiger partial charge is 0.396 e. The first-order chi connectivity index (χ1) is 8.08. The molecule has 1 aliphatic heterocycles. The summed E-state index contributed by atoms with van der Waals surface area (Å²) in [5, 5.41) is 20.4. The summed E-state index contributed by atoms with van der Waals surface area (Å²) in [5.74, 6) is 0.719. The summed E-state index contributed by atoms with van der Waals surface area (Å²) >= 11 is 0. The van der Waals surface area contributed by atoms with Gasteiger partial charge in [-0.1, -0.05) is 13.3 Å². The first-order valence-corrected chi connectivity index (χ1v) is 7.02. The number of rotatable bonds is 2. The molecule has 1 saturated heterocycles. The van der Waals surface area contributed by atoms with Crippen LogP contribution < -0.4 is 0 Å². The number of aliphatic hydroxyl groups excluding tert-OH is 1. The first kappa shape index (κ1) is 13.3. The average molecular weight is 242 g/mol. The summed E-state index contributed by atoms with van der Waals surface area (Å²) in [7, 11) is 0. The molecule has 100 valence electrons. The molecule has 1 aliphatic carbocycles. The van der Waals surface area contributed by atoms with E-state index in [1.165, 1.54) is 6.42 Å². The summed E-state index contributed by atoms with van der Waals surface area (Å²) in [6.07, 6.45) is 5.68. The van der Waals surface area contributed by atoms with Gasteiger partial charge < -0.3 is 14.9 Å². The lowest BCUT2D eigenvalue weighted by Crippen LogP contribution is -2.53. The minimum Gasteiger partial charge on any atom is -0.396 e. The van der Waals surface area contributed by atoms with E-state index in [0.717, 1.165) is 25.7 Å². The molecule has 1 saturated carbocycles. The number of hydrogen-bond donors (Lipinski definition) is 2. The normalized spacial score (nSPS) is 44.8. The van der Waals surface area contributed by atoms with E-state index in [-0.39, 0.29) is 24.5 Å². The van der Waals surface area contributed by atoms with E-state index in [1.54, 1.807) is 0 Å². The molecule has 0 bridgehead atoms. The fourth-order valence-corrected chi connectivity index (χ4v) is 3.71. The van der Waals surface area contributed by atoms with Crippen LogP contribution in [0.2, 0.25) is 0 Å². The van der Waals surface area contributed by atoms with Crippen molar-refractivity contribution in [1.82, 2.24) is 0 Å². The van der Waals surface area contributed by atoms with Crippen molar-refractivity contribution in [2.24, 2.45) is 17.8 Å². The Hall–Kier alpha value is -0.120. The van der Waals surface area contributed by atoms with Gasteiger partial charge in [0.1, 0.15) is 0 Å². The van der Waals surface area contributed by atoms with Crippen molar-refractivity contribution in [1.29, 1.82) is 0 Å². The van der Waals surface area contributed by atoms with Gasteiger partial charge in [-0.25, -0.2) is 0 Å². The van der Waals surface area contributed by atoms with Gasteiger partial charge in [-0.05, 0) is 50.4 Å². The van der Waals surface area contributed by atoms with E-state index in [1.807, 2.05) is 6.92 Å². The molecule has 17 heavy (non-hydrogen) atoms. The molecule has 3 heteroatoms. The molecule has 0 aromatic carbocycles. The highest BCUT2D eigenvalue weighted by molar-refractivity contribution is 4.99. The van der Waals surface area contributed by atoms with E-state index in [0.29, 0.717) is 12.5 Å². The Morgan fingerprint density at radius 3 is 2.76 bits per heavy atom. The van der Waals surface area contributed by atoms with Gasteiger partial charge in [0, 0.05) is 6.61 Å². The first-order valence-electron chi connectivity index (χ1n) is 7.02. The quantitative estimate of drug-likeness (QED) is 0.778. The van der Waals surface area contributed by atoms with Gasteiger partial charge in [0.25, 0.3) is 0 Å². The molecule has 3 unspecified atom stereocenters. The lowest BCUT2D eigenvalue weighted by Gasteiger charge is -2.47. The number of hydrogen-bond acceptors (Lipinski definition) is 3. The summed E-state index contributed by atoms with van der Waals surface area (Å²) in [4.78, 5) is 0. The topological polar surface area (TPSA) is 49.7 Å². The Labute approximate surface area is 104 Å². The molecular weight excluding hydrogens is 216 g/mol. The van der Waals surface area contributed by atoms with Crippen LogP contribution in [-0.4, -0.2) is 35.1 Å². The van der Waals surface area contributed by atoms with Gasteiger partial charge in [-0.2, -0.15) is 0 Å². The van der Waals surface area contributed by atoms with Crippen LogP contribution in [0.25, 0.3) is 0 Å². The Morgan fingerprint density at radius 2 is 2.06 bits per heavy atom. The van der Waals surface area contributed by atoms with Crippen LogP contribution in [0.4, 0.5) is 0 Å². The Bertz CT molecular complexity index is 256. The third-order valence-electron chi connectivity index (χ3n) is 4.91. The maximum absolute atomic E-state index is 11.0. The molecule has 0 radical (unpaired) electrons. The van der Waals surface area contributed by atoms with Gasteiger partial charge in [-0.3, -0.25) is 0 Å². The highest BCUT2D eigenvalue weighted by atomic mass is 16.5. The third-order valence-corrected chi connectivity index (χ3v) is 4.91. The van der Waals surface area contributed by atoms with Crippen LogP contribution in [0.3, 0.4) is 0 Å². The van der Waals surface area contributed by atoms with Crippen LogP contribution in [-0.2, 0) is 4.74 Å². The molecule has 5 atom stereocenters. The summed E-state index contributed by atoms with van der Waals surface area (Å²) in [6, 6.07) is 0. The van der Waals surface area contributed by atoms with E-state index in [4.69, 9.17) is 4.74 Å². The molecule has 2 N–H and O–H groups in total. The molecule has 0 spiro atoms. The summed E-state index contributed by atoms with van der Waals surface area (Å²) in [6.45, 7) is 4.74. The predicted octanol–water partition coefficient (Wildman–Crippen LogP) is 1.96. The van der Waals surface area contributed by atoms with Crippen LogP contribution in [0.5, 0.6) is 0 Å². The second kappa shape index (κ2) is 5.25. The summed E-state index contributed by atoms with van der Waals surface area (Å²) < 4.78 is 5.77. The maximum Gasteiger partial charge on any atom is 0.0939 e. The van der Waals surface area contributed by atoms with Crippen LogP contribution in [0.1, 0.15) is 46.0 Å². The zero-order valence-corrected chi connectivity index (χ0v) is 11.1. The molecular formula is C14H26O3. The SMILES string of the molecule is CC1CCC2CCC[C@@H](C(C)CO)[C@@]2(O)CO1. The number of fused-ring (bicyclic) bond motifs is 1. The van der Waals surface area contributed by atoms with Crippen LogP contribution in [0.15, 0.2) is 0 Å². The van der Waals surface area contributed by atoms with Gasteiger partial charge in [0.2, 0.25) is 0 Å². The lowest BCUT2D eigenvalue weighted by atomic mass is 9.63. The van der Waals surface area contributed by atoms with E-state index < -0.39 is 5.60 Å². The molecule has 1 heterocycles. The molecule has 3 nitrogen and oxygen atoms in total. The molecule has 0 aromatic heterocycles. The standard InChI is InChI=1S/C14H26O3/c1-10(8-15)13-5-3-4-12-7-6-11(2)17-9-14(12,13)16/h10-13,15-16H,3-9H2,1-2H3/t10?,11?,12?,13-,14+/m0/s1. The molecule has 2 aliphatic rings. The minimum absolute atomic E-state index is 0.162. The zero-order valence-electron chi connectivity index (χ0n) is 11.1. The number of aliphatic hydroxyl groups is 2. The fraction of sp³-hybridized carbons (Fsp3) is 1.00. The van der Waals surface area contributed by atoms with Crippen LogP contribution >= 0.6 is 0 Å². The molecule has 2 rings (SSSR count). The van der Waals surface area contributed by atoms with Gasteiger partial charge in [0.05, 0.1) is 18.3 Å². The minimum atomic E-state index is -0.703. The van der Waals surface area contributed by atoms with Crippen molar-refractivity contribution in [3.8, 4) is 0 Å². The van der Waals surface area contributed by atoms with Crippen molar-refractivity contribution in [3.63, 3.8) is 0 Å². The van der Waals surface area contributed by atoms with E-state index >= 15 is 0 Å². The van der Waals surface area contributed by atoms with Crippen molar-refractivity contribution < 1.29 is 14.9 Å². The van der Waals surface area contributed by atoms with E-state index in [9.17, 15) is 10.2 Å². The van der Waals surface area contributed by atoms with Gasteiger partial charge in [-0.15, -0.1) is 0 Å². The molecule has 0 aromatic rings. The second-order valence-electron chi connectivity index (χ2n) is 6.08.